The summed E-state index contributed by atoms with van der Waals surface area (Å²) in [6, 6.07) is 16.4. The Morgan fingerprint density at radius 3 is 2.63 bits per heavy atom. The van der Waals surface area contributed by atoms with E-state index in [0.29, 0.717) is 0 Å². The summed E-state index contributed by atoms with van der Waals surface area (Å²) in [5.41, 5.74) is 8.65. The molecule has 0 amide bonds. The van der Waals surface area contributed by atoms with E-state index in [-0.39, 0.29) is 6.04 Å². The van der Waals surface area contributed by atoms with Crippen molar-refractivity contribution in [3.05, 3.63) is 64.1 Å². The minimum absolute atomic E-state index is 0.0885. The van der Waals surface area contributed by atoms with Crippen molar-refractivity contribution in [1.29, 1.82) is 0 Å². The molecule has 2 N–H and O–H groups in total. The van der Waals surface area contributed by atoms with Crippen LogP contribution in [0.4, 0.5) is 0 Å². The van der Waals surface area contributed by atoms with Crippen LogP contribution in [0.1, 0.15) is 11.1 Å². The fourth-order valence-corrected chi connectivity index (χ4v) is 2.64. The van der Waals surface area contributed by atoms with Crippen molar-refractivity contribution < 1.29 is 4.74 Å². The highest BCUT2D eigenvalue weighted by atomic mass is 79.9. The predicted molar refractivity (Wildman–Crippen MR) is 82.5 cm³/mol. The molecule has 0 saturated carbocycles. The molecule has 0 heterocycles. The van der Waals surface area contributed by atoms with Crippen LogP contribution in [0, 0.1) is 0 Å². The van der Waals surface area contributed by atoms with Gasteiger partial charge in [0, 0.05) is 10.5 Å². The van der Waals surface area contributed by atoms with E-state index in [1.54, 1.807) is 7.11 Å². The number of methoxy groups -OCH3 is 1. The van der Waals surface area contributed by atoms with E-state index in [1.807, 2.05) is 30.3 Å². The summed E-state index contributed by atoms with van der Waals surface area (Å²) in [5.74, 6) is 0.909. The molecule has 0 aliphatic heterocycles. The van der Waals surface area contributed by atoms with Crippen molar-refractivity contribution >= 4 is 15.9 Å². The lowest BCUT2D eigenvalue weighted by molar-refractivity contribution is 0.408. The predicted octanol–water partition coefficient (Wildman–Crippen LogP) is 3.57. The standard InChI is InChI=1S/C16H18BrNO/c1-19-16-8-3-2-6-13(16)11-15(18)10-12-5-4-7-14(17)9-12/h2-9,15H,10-11,18H2,1H3. The average Bonchev–Trinajstić information content (AvgIpc) is 2.39. The molecule has 2 rings (SSSR count). The van der Waals surface area contributed by atoms with Crippen LogP contribution < -0.4 is 10.5 Å². The molecular formula is C16H18BrNO. The zero-order valence-electron chi connectivity index (χ0n) is 11.0. The quantitative estimate of drug-likeness (QED) is 0.914. The van der Waals surface area contributed by atoms with Gasteiger partial charge in [0.05, 0.1) is 7.11 Å². The fraction of sp³-hybridized carbons (Fsp3) is 0.250. The first-order valence-electron chi connectivity index (χ1n) is 6.31. The Labute approximate surface area is 122 Å². The number of para-hydroxylation sites is 1. The molecule has 19 heavy (non-hydrogen) atoms. The van der Waals surface area contributed by atoms with E-state index in [0.717, 1.165) is 28.6 Å². The van der Waals surface area contributed by atoms with E-state index < -0.39 is 0 Å². The molecule has 1 unspecified atom stereocenters. The summed E-state index contributed by atoms with van der Waals surface area (Å²) in [7, 11) is 1.69. The SMILES string of the molecule is COc1ccccc1CC(N)Cc1cccc(Br)c1. The molecule has 100 valence electrons. The molecule has 0 aromatic heterocycles. The number of hydrogen-bond donors (Lipinski definition) is 1. The monoisotopic (exact) mass is 319 g/mol. The van der Waals surface area contributed by atoms with Gasteiger partial charge in [-0.2, -0.15) is 0 Å². The van der Waals surface area contributed by atoms with Crippen LogP contribution in [0.5, 0.6) is 5.75 Å². The first-order valence-corrected chi connectivity index (χ1v) is 7.10. The lowest BCUT2D eigenvalue weighted by Crippen LogP contribution is -2.25. The molecule has 2 nitrogen and oxygen atoms in total. The molecule has 0 bridgehead atoms. The van der Waals surface area contributed by atoms with Crippen molar-refractivity contribution in [1.82, 2.24) is 0 Å². The van der Waals surface area contributed by atoms with E-state index in [1.165, 1.54) is 5.56 Å². The molecule has 0 aliphatic rings. The third kappa shape index (κ3) is 4.08. The first-order chi connectivity index (χ1) is 9.19. The first kappa shape index (κ1) is 14.1. The number of halogens is 1. The molecule has 3 heteroatoms. The smallest absolute Gasteiger partial charge is 0.122 e. The van der Waals surface area contributed by atoms with Crippen LogP contribution in [0.2, 0.25) is 0 Å². The van der Waals surface area contributed by atoms with Crippen molar-refractivity contribution in [2.45, 2.75) is 18.9 Å². The van der Waals surface area contributed by atoms with Gasteiger partial charge in [-0.25, -0.2) is 0 Å². The van der Waals surface area contributed by atoms with Crippen LogP contribution in [0.25, 0.3) is 0 Å². The van der Waals surface area contributed by atoms with Gasteiger partial charge in [0.2, 0.25) is 0 Å². The van der Waals surface area contributed by atoms with Gasteiger partial charge in [-0.1, -0.05) is 46.3 Å². The second kappa shape index (κ2) is 6.73. The summed E-state index contributed by atoms with van der Waals surface area (Å²) in [6.07, 6.45) is 1.67. The summed E-state index contributed by atoms with van der Waals surface area (Å²) >= 11 is 3.48. The molecule has 0 radical (unpaired) electrons. The maximum absolute atomic E-state index is 6.24. The summed E-state index contributed by atoms with van der Waals surface area (Å²) < 4.78 is 6.44. The van der Waals surface area contributed by atoms with Gasteiger partial charge in [-0.3, -0.25) is 0 Å². The molecule has 0 aliphatic carbocycles. The Morgan fingerprint density at radius 1 is 1.11 bits per heavy atom. The minimum Gasteiger partial charge on any atom is -0.496 e. The third-order valence-electron chi connectivity index (χ3n) is 3.06. The highest BCUT2D eigenvalue weighted by Gasteiger charge is 2.09. The Kier molecular flexibility index (Phi) is 5.00. The van der Waals surface area contributed by atoms with E-state index in [9.17, 15) is 0 Å². The number of nitrogens with two attached hydrogens (primary N) is 1. The van der Waals surface area contributed by atoms with Crippen LogP contribution in [-0.4, -0.2) is 13.2 Å². The van der Waals surface area contributed by atoms with Gasteiger partial charge in [-0.05, 0) is 42.2 Å². The van der Waals surface area contributed by atoms with Crippen molar-refractivity contribution in [3.8, 4) is 5.75 Å². The van der Waals surface area contributed by atoms with Gasteiger partial charge in [0.1, 0.15) is 5.75 Å². The normalized spacial score (nSPS) is 12.2. The molecular weight excluding hydrogens is 302 g/mol. The minimum atomic E-state index is 0.0885. The molecule has 0 saturated heterocycles. The zero-order valence-corrected chi connectivity index (χ0v) is 12.6. The Bertz CT molecular complexity index is 542. The van der Waals surface area contributed by atoms with Crippen molar-refractivity contribution in [2.75, 3.05) is 7.11 Å². The lowest BCUT2D eigenvalue weighted by Gasteiger charge is -2.14. The summed E-state index contributed by atoms with van der Waals surface area (Å²) in [5, 5.41) is 0. The lowest BCUT2D eigenvalue weighted by atomic mass is 9.99. The van der Waals surface area contributed by atoms with Crippen molar-refractivity contribution in [3.63, 3.8) is 0 Å². The van der Waals surface area contributed by atoms with Crippen LogP contribution in [0.15, 0.2) is 53.0 Å². The average molecular weight is 320 g/mol. The molecule has 1 atom stereocenters. The van der Waals surface area contributed by atoms with Crippen LogP contribution in [0.3, 0.4) is 0 Å². The molecule has 0 spiro atoms. The van der Waals surface area contributed by atoms with E-state index in [4.69, 9.17) is 10.5 Å². The number of rotatable bonds is 5. The number of hydrogen-bond acceptors (Lipinski definition) is 2. The second-order valence-corrected chi connectivity index (χ2v) is 5.53. The number of ether oxygens (including phenoxy) is 1. The number of benzene rings is 2. The Morgan fingerprint density at radius 2 is 1.89 bits per heavy atom. The van der Waals surface area contributed by atoms with Gasteiger partial charge >= 0.3 is 0 Å². The highest BCUT2D eigenvalue weighted by Crippen LogP contribution is 2.20. The highest BCUT2D eigenvalue weighted by molar-refractivity contribution is 9.10. The Hall–Kier alpha value is -1.32. The fourth-order valence-electron chi connectivity index (χ4n) is 2.19. The topological polar surface area (TPSA) is 35.2 Å². The molecule has 2 aromatic rings. The molecule has 0 fully saturated rings. The van der Waals surface area contributed by atoms with Gasteiger partial charge in [0.25, 0.3) is 0 Å². The largest absolute Gasteiger partial charge is 0.496 e. The zero-order chi connectivity index (χ0) is 13.7. The maximum Gasteiger partial charge on any atom is 0.122 e. The van der Waals surface area contributed by atoms with Gasteiger partial charge < -0.3 is 10.5 Å². The molecule has 2 aromatic carbocycles. The van der Waals surface area contributed by atoms with Gasteiger partial charge in [0.15, 0.2) is 0 Å². The van der Waals surface area contributed by atoms with E-state index >= 15 is 0 Å². The van der Waals surface area contributed by atoms with Gasteiger partial charge in [-0.15, -0.1) is 0 Å². The third-order valence-corrected chi connectivity index (χ3v) is 3.55. The van der Waals surface area contributed by atoms with E-state index in [2.05, 4.69) is 34.1 Å². The second-order valence-electron chi connectivity index (χ2n) is 4.61. The van der Waals surface area contributed by atoms with Crippen LogP contribution in [-0.2, 0) is 12.8 Å². The van der Waals surface area contributed by atoms with Crippen LogP contribution >= 0.6 is 15.9 Å². The summed E-state index contributed by atoms with van der Waals surface area (Å²) in [6.45, 7) is 0. The summed E-state index contributed by atoms with van der Waals surface area (Å²) in [4.78, 5) is 0. The van der Waals surface area contributed by atoms with Crippen molar-refractivity contribution in [2.24, 2.45) is 5.73 Å². The maximum atomic E-state index is 6.24. The Balaban J connectivity index is 2.03.